The van der Waals surface area contributed by atoms with Crippen LogP contribution in [0.2, 0.25) is 0 Å². The first-order chi connectivity index (χ1) is 32.9. The van der Waals surface area contributed by atoms with E-state index < -0.39 is 0 Å². The van der Waals surface area contributed by atoms with Gasteiger partial charge in [0.15, 0.2) is 0 Å². The van der Waals surface area contributed by atoms with Crippen LogP contribution in [-0.4, -0.2) is 20.4 Å². The van der Waals surface area contributed by atoms with Crippen molar-refractivity contribution in [1.29, 1.82) is 0 Å². The number of fused-ring (bicyclic) bond motifs is 8. The summed E-state index contributed by atoms with van der Waals surface area (Å²) in [4.78, 5) is 0. The second-order valence-electron chi connectivity index (χ2n) is 17.1. The van der Waals surface area contributed by atoms with Crippen molar-refractivity contribution in [3.63, 3.8) is 0 Å². The van der Waals surface area contributed by atoms with Crippen molar-refractivity contribution in [1.82, 2.24) is 0 Å². The first-order valence-electron chi connectivity index (χ1n) is 22.2. The highest BCUT2D eigenvalue weighted by Crippen LogP contribution is 2.43. The van der Waals surface area contributed by atoms with Crippen molar-refractivity contribution in [2.24, 2.45) is 40.9 Å². The Kier molecular flexibility index (Phi) is 12.7. The van der Waals surface area contributed by atoms with Gasteiger partial charge in [-0.05, 0) is 123 Å². The molecule has 1 aliphatic rings. The lowest BCUT2D eigenvalue weighted by Gasteiger charge is -2.18. The number of hydrogen-bond acceptors (Lipinski definition) is 12. The zero-order valence-electron chi connectivity index (χ0n) is 38.1. The van der Waals surface area contributed by atoms with Crippen molar-refractivity contribution in [2.75, 3.05) is 0 Å². The molecule has 68 heavy (non-hydrogen) atoms. The summed E-state index contributed by atoms with van der Waals surface area (Å²) in [5.41, 5.74) is 11.9. The molecule has 9 rings (SSSR count). The predicted molar refractivity (Wildman–Crippen MR) is 265 cm³/mol. The molecule has 4 N–H and O–H groups in total. The van der Waals surface area contributed by atoms with Crippen LogP contribution in [0.25, 0.3) is 0 Å². The lowest BCUT2D eigenvalue weighted by Crippen LogP contribution is -2.01. The lowest BCUT2D eigenvalue weighted by atomic mass is 9.90. The Morgan fingerprint density at radius 3 is 0.618 bits per heavy atom. The van der Waals surface area contributed by atoms with E-state index in [9.17, 15) is 20.4 Å². The molecule has 0 saturated carbocycles. The molecule has 336 valence electrons. The monoisotopic (exact) mass is 896 g/mol. The highest BCUT2D eigenvalue weighted by Gasteiger charge is 2.22. The second kappa shape index (κ2) is 19.4. The molecule has 0 aromatic heterocycles. The average Bonchev–Trinajstić information content (AvgIpc) is 3.33. The third kappa shape index (κ3) is 9.94. The van der Waals surface area contributed by atoms with Gasteiger partial charge in [-0.25, -0.2) is 0 Å². The van der Waals surface area contributed by atoms with Crippen LogP contribution in [0.3, 0.4) is 0 Å². The van der Waals surface area contributed by atoms with Crippen LogP contribution in [0.15, 0.2) is 187 Å². The molecule has 0 aliphatic heterocycles. The van der Waals surface area contributed by atoms with Crippen LogP contribution in [-0.2, 0) is 25.7 Å². The van der Waals surface area contributed by atoms with E-state index in [1.54, 1.807) is 48.5 Å². The molecule has 8 aromatic rings. The summed E-state index contributed by atoms with van der Waals surface area (Å²) < 4.78 is 0. The van der Waals surface area contributed by atoms with Crippen molar-refractivity contribution >= 4 is 45.5 Å². The second-order valence-corrected chi connectivity index (χ2v) is 17.1. The maximum Gasteiger partial charge on any atom is 0.122 e. The average molecular weight is 897 g/mol. The minimum Gasteiger partial charge on any atom is -0.507 e. The summed E-state index contributed by atoms with van der Waals surface area (Å²) in [6, 6.07) is 44.6. The lowest BCUT2D eigenvalue weighted by molar-refractivity contribution is 0.450. The molecule has 12 nitrogen and oxygen atoms in total. The van der Waals surface area contributed by atoms with E-state index in [1.807, 2.05) is 125 Å². The Morgan fingerprint density at radius 2 is 0.441 bits per heavy atom. The zero-order chi connectivity index (χ0) is 47.3. The topological polar surface area (TPSA) is 180 Å². The highest BCUT2D eigenvalue weighted by atomic mass is 16.3. The number of azo groups is 4. The summed E-state index contributed by atoms with van der Waals surface area (Å²) in [5, 5.41) is 85.7. The molecule has 1 aliphatic carbocycles. The smallest absolute Gasteiger partial charge is 0.122 e. The van der Waals surface area contributed by atoms with E-state index in [2.05, 4.69) is 40.9 Å². The van der Waals surface area contributed by atoms with Gasteiger partial charge in [0.2, 0.25) is 0 Å². The van der Waals surface area contributed by atoms with Gasteiger partial charge in [-0.2, -0.15) is 40.9 Å². The van der Waals surface area contributed by atoms with Gasteiger partial charge in [0.25, 0.3) is 0 Å². The van der Waals surface area contributed by atoms with Gasteiger partial charge in [0, 0.05) is 70.2 Å². The summed E-state index contributed by atoms with van der Waals surface area (Å²) in [7, 11) is 0. The maximum absolute atomic E-state index is 12.2. The molecule has 0 atom stereocenters. The van der Waals surface area contributed by atoms with Gasteiger partial charge < -0.3 is 20.4 Å². The third-order valence-electron chi connectivity index (χ3n) is 12.1. The largest absolute Gasteiger partial charge is 0.507 e. The third-order valence-corrected chi connectivity index (χ3v) is 12.1. The summed E-state index contributed by atoms with van der Waals surface area (Å²) in [5.74, 6) is -0.169. The molecule has 8 aromatic carbocycles. The van der Waals surface area contributed by atoms with Crippen molar-refractivity contribution in [3.05, 3.63) is 212 Å². The van der Waals surface area contributed by atoms with Gasteiger partial charge in [0.1, 0.15) is 23.0 Å². The fourth-order valence-corrected chi connectivity index (χ4v) is 8.25. The van der Waals surface area contributed by atoms with Gasteiger partial charge in [-0.15, -0.1) is 0 Å². The van der Waals surface area contributed by atoms with E-state index in [0.717, 1.165) is 22.3 Å². The summed E-state index contributed by atoms with van der Waals surface area (Å²) in [6.07, 6.45) is 0.178. The molecular weight excluding hydrogens is 849 g/mol. The van der Waals surface area contributed by atoms with Crippen molar-refractivity contribution < 1.29 is 20.4 Å². The van der Waals surface area contributed by atoms with Crippen LogP contribution >= 0.6 is 0 Å². The number of nitrogens with zero attached hydrogens (tertiary/aromatic N) is 8. The van der Waals surface area contributed by atoms with Gasteiger partial charge in [-0.3, -0.25) is 0 Å². The highest BCUT2D eigenvalue weighted by molar-refractivity contribution is 5.64. The van der Waals surface area contributed by atoms with Crippen molar-refractivity contribution in [2.45, 2.75) is 53.4 Å². The van der Waals surface area contributed by atoms with Crippen LogP contribution in [0.5, 0.6) is 23.0 Å². The predicted octanol–water partition coefficient (Wildman–Crippen LogP) is 16.1. The molecular formula is C56H48N8O4. The number of hydrogen-bond donors (Lipinski definition) is 4. The molecule has 0 unspecified atom stereocenters. The fourth-order valence-electron chi connectivity index (χ4n) is 8.25. The molecule has 8 bridgehead atoms. The van der Waals surface area contributed by atoms with Crippen LogP contribution in [0.4, 0.5) is 45.5 Å². The Labute approximate surface area is 394 Å². The number of rotatable bonds is 8. The molecule has 0 radical (unpaired) electrons. The number of phenols is 4. The minimum absolute atomic E-state index is 0.0424. The van der Waals surface area contributed by atoms with E-state index in [1.165, 1.54) is 0 Å². The molecule has 0 amide bonds. The Morgan fingerprint density at radius 1 is 0.265 bits per heavy atom. The molecule has 12 heteroatoms. The van der Waals surface area contributed by atoms with Crippen LogP contribution < -0.4 is 0 Å². The summed E-state index contributed by atoms with van der Waals surface area (Å²) >= 11 is 0. The first-order valence-corrected chi connectivity index (χ1v) is 22.2. The Balaban J connectivity index is 1.26. The van der Waals surface area contributed by atoms with E-state index >= 15 is 0 Å². The molecule has 0 fully saturated rings. The van der Waals surface area contributed by atoms with E-state index in [4.69, 9.17) is 0 Å². The number of phenolic OH excluding ortho intramolecular Hbond substituents is 4. The zero-order valence-corrected chi connectivity index (χ0v) is 38.1. The molecule has 0 saturated heterocycles. The van der Waals surface area contributed by atoms with Gasteiger partial charge in [0.05, 0.1) is 45.5 Å². The van der Waals surface area contributed by atoms with E-state index in [0.29, 0.717) is 90.0 Å². The quantitative estimate of drug-likeness (QED) is 0.111. The van der Waals surface area contributed by atoms with Crippen molar-refractivity contribution in [3.8, 4) is 23.0 Å². The Bertz CT molecular complexity index is 2820. The summed E-state index contributed by atoms with van der Waals surface area (Å²) in [6.45, 7) is 7.82. The molecule has 0 heterocycles. The number of benzene rings is 8. The minimum atomic E-state index is -0.0424. The Hall–Kier alpha value is -8.64. The van der Waals surface area contributed by atoms with Gasteiger partial charge >= 0.3 is 0 Å². The fraction of sp³-hybridized carbons (Fsp3) is 0.143. The maximum atomic E-state index is 12.2. The normalized spacial score (nSPS) is 12.8. The standard InChI is InChI=1S/C56H48N8O4/c1-33-13-5-9-17-49(33)61-57-45-25-37-21-39-27-46(58-62-50-18-10-6-14-34(50)2)29-41(54(39)66)23-43-31-48(60-64-52-20-12-8-16-36(52)4)32-44(56(43)68)24-42-30-47(59-63-51-19-11-7-15-35(51)3)28-40(55(42)67)22-38(26-45)53(37)65/h5-20,25-32,65-68H,21-24H2,1-4H3. The van der Waals surface area contributed by atoms with Gasteiger partial charge in [-0.1, -0.05) is 72.8 Å². The number of aromatic hydroxyl groups is 4. The van der Waals surface area contributed by atoms with E-state index in [-0.39, 0.29) is 48.7 Å². The first kappa shape index (κ1) is 44.6. The number of aryl methyl sites for hydroxylation is 4. The van der Waals surface area contributed by atoms with Crippen LogP contribution in [0.1, 0.15) is 66.8 Å². The SMILES string of the molecule is Cc1ccccc1N=Nc1cc2c(O)c(c1)Cc1cc(N=Nc3ccccc3C)cc(c1O)Cc1cc(N=Nc3ccccc3C)cc(c1O)Cc1cc(N=Nc3ccccc3C)cc(c1O)C2. The molecule has 0 spiro atoms. The van der Waals surface area contributed by atoms with Crippen LogP contribution in [0, 0.1) is 27.7 Å².